The predicted molar refractivity (Wildman–Crippen MR) is 92.9 cm³/mol. The molecule has 1 aromatic heterocycles. The molecule has 0 radical (unpaired) electrons. The van der Waals surface area contributed by atoms with Crippen LogP contribution < -0.4 is 0 Å². The molecule has 1 amide bonds. The summed E-state index contributed by atoms with van der Waals surface area (Å²) in [5.41, 5.74) is 1.58. The second kappa shape index (κ2) is 5.92. The minimum absolute atomic E-state index is 0.0799. The van der Waals surface area contributed by atoms with Gasteiger partial charge in [0.05, 0.1) is 10.7 Å². The van der Waals surface area contributed by atoms with Crippen molar-refractivity contribution in [3.63, 3.8) is 0 Å². The fourth-order valence-electron chi connectivity index (χ4n) is 2.96. The number of aryl methyl sites for hydroxylation is 1. The summed E-state index contributed by atoms with van der Waals surface area (Å²) in [5.74, 6) is -0.0799. The zero-order valence-corrected chi connectivity index (χ0v) is 15.4. The maximum absolute atomic E-state index is 12.9. The molecular formula is C15H18BrN3O3S. The Labute approximate surface area is 143 Å². The fraction of sp³-hybridized carbons (Fsp3) is 0.400. The number of amides is 1. The van der Waals surface area contributed by atoms with Crippen molar-refractivity contribution in [2.75, 3.05) is 32.4 Å². The molecule has 0 saturated carbocycles. The van der Waals surface area contributed by atoms with Crippen molar-refractivity contribution in [2.45, 2.75) is 0 Å². The molecule has 3 rings (SSSR count). The SMILES string of the molecule is Cn1c(C(=O)N2CCN(S(C)(=O)=O)CC2)c(Br)c2ccccc21. The molecule has 23 heavy (non-hydrogen) atoms. The molecule has 1 aliphatic rings. The molecule has 0 atom stereocenters. The maximum atomic E-state index is 12.9. The number of aromatic nitrogens is 1. The average Bonchev–Trinajstić information content (AvgIpc) is 2.78. The first-order chi connectivity index (χ1) is 10.8. The third-order valence-electron chi connectivity index (χ3n) is 4.24. The topological polar surface area (TPSA) is 62.6 Å². The van der Waals surface area contributed by atoms with Gasteiger partial charge in [-0.05, 0) is 22.0 Å². The smallest absolute Gasteiger partial charge is 0.271 e. The van der Waals surface area contributed by atoms with Gasteiger partial charge in [-0.15, -0.1) is 0 Å². The van der Waals surface area contributed by atoms with Crippen molar-refractivity contribution in [1.29, 1.82) is 0 Å². The third kappa shape index (κ3) is 2.90. The highest BCUT2D eigenvalue weighted by Crippen LogP contribution is 2.31. The molecule has 1 aromatic carbocycles. The molecule has 1 aliphatic heterocycles. The van der Waals surface area contributed by atoms with Crippen LogP contribution in [0.4, 0.5) is 0 Å². The summed E-state index contributed by atoms with van der Waals surface area (Å²) < 4.78 is 27.2. The van der Waals surface area contributed by atoms with Crippen LogP contribution in [0.5, 0.6) is 0 Å². The molecule has 0 bridgehead atoms. The van der Waals surface area contributed by atoms with Crippen LogP contribution in [0.1, 0.15) is 10.5 Å². The number of sulfonamides is 1. The van der Waals surface area contributed by atoms with Gasteiger partial charge >= 0.3 is 0 Å². The molecule has 0 unspecified atom stereocenters. The Morgan fingerprint density at radius 3 is 2.30 bits per heavy atom. The number of para-hydroxylation sites is 1. The summed E-state index contributed by atoms with van der Waals surface area (Å²) in [5, 5.41) is 0.994. The summed E-state index contributed by atoms with van der Waals surface area (Å²) in [6.45, 7) is 1.48. The lowest BCUT2D eigenvalue weighted by atomic mass is 10.2. The Balaban J connectivity index is 1.88. The Kier molecular flexibility index (Phi) is 4.24. The van der Waals surface area contributed by atoms with Crippen LogP contribution in [0.25, 0.3) is 10.9 Å². The summed E-state index contributed by atoms with van der Waals surface area (Å²) in [4.78, 5) is 14.6. The Morgan fingerprint density at radius 1 is 1.13 bits per heavy atom. The standard InChI is InChI=1S/C15H18BrN3O3S/c1-17-12-6-4-3-5-11(12)13(16)14(17)15(20)18-7-9-19(10-8-18)23(2,21)22/h3-6H,7-10H2,1-2H3. The zero-order valence-electron chi connectivity index (χ0n) is 13.0. The van der Waals surface area contributed by atoms with E-state index in [0.29, 0.717) is 31.9 Å². The first kappa shape index (κ1) is 16.5. The highest BCUT2D eigenvalue weighted by Gasteiger charge is 2.29. The zero-order chi connectivity index (χ0) is 16.8. The van der Waals surface area contributed by atoms with Crippen molar-refractivity contribution >= 4 is 42.8 Å². The van der Waals surface area contributed by atoms with E-state index in [9.17, 15) is 13.2 Å². The maximum Gasteiger partial charge on any atom is 0.271 e. The van der Waals surface area contributed by atoms with Gasteiger partial charge in [-0.2, -0.15) is 4.31 Å². The molecule has 2 heterocycles. The first-order valence-corrected chi connectivity index (χ1v) is 9.92. The van der Waals surface area contributed by atoms with E-state index in [1.54, 1.807) is 4.90 Å². The molecule has 0 N–H and O–H groups in total. The number of halogens is 1. The number of benzene rings is 1. The van der Waals surface area contributed by atoms with Crippen molar-refractivity contribution in [3.05, 3.63) is 34.4 Å². The Morgan fingerprint density at radius 2 is 1.74 bits per heavy atom. The van der Waals surface area contributed by atoms with E-state index in [1.807, 2.05) is 35.9 Å². The van der Waals surface area contributed by atoms with Gasteiger partial charge in [-0.3, -0.25) is 4.79 Å². The molecule has 8 heteroatoms. The van der Waals surface area contributed by atoms with Crippen molar-refractivity contribution in [3.8, 4) is 0 Å². The van der Waals surface area contributed by atoms with Crippen LogP contribution in [0, 0.1) is 0 Å². The number of hydrogen-bond acceptors (Lipinski definition) is 3. The lowest BCUT2D eigenvalue weighted by Crippen LogP contribution is -2.50. The van der Waals surface area contributed by atoms with Gasteiger partial charge in [0.15, 0.2) is 0 Å². The molecule has 2 aromatic rings. The normalized spacial score (nSPS) is 16.9. The summed E-state index contributed by atoms with van der Waals surface area (Å²) in [6.07, 6.45) is 1.20. The number of carbonyl (C=O) groups is 1. The van der Waals surface area contributed by atoms with Crippen LogP contribution in [0.15, 0.2) is 28.7 Å². The number of carbonyl (C=O) groups excluding carboxylic acids is 1. The largest absolute Gasteiger partial charge is 0.339 e. The fourth-order valence-corrected chi connectivity index (χ4v) is 4.55. The van der Waals surface area contributed by atoms with E-state index in [1.165, 1.54) is 10.6 Å². The van der Waals surface area contributed by atoms with Gasteiger partial charge in [0.1, 0.15) is 5.69 Å². The Bertz CT molecular complexity index is 828. The summed E-state index contributed by atoms with van der Waals surface area (Å²) in [6, 6.07) is 7.82. The van der Waals surface area contributed by atoms with Gasteiger partial charge < -0.3 is 9.47 Å². The van der Waals surface area contributed by atoms with E-state index in [0.717, 1.165) is 15.4 Å². The van der Waals surface area contributed by atoms with Crippen LogP contribution in [0.3, 0.4) is 0 Å². The van der Waals surface area contributed by atoms with Crippen molar-refractivity contribution in [1.82, 2.24) is 13.8 Å². The lowest BCUT2D eigenvalue weighted by Gasteiger charge is -2.33. The average molecular weight is 400 g/mol. The first-order valence-electron chi connectivity index (χ1n) is 7.28. The van der Waals surface area contributed by atoms with Crippen molar-refractivity contribution in [2.24, 2.45) is 7.05 Å². The van der Waals surface area contributed by atoms with Gasteiger partial charge in [0.2, 0.25) is 10.0 Å². The number of hydrogen-bond donors (Lipinski definition) is 0. The van der Waals surface area contributed by atoms with Gasteiger partial charge in [-0.1, -0.05) is 18.2 Å². The minimum Gasteiger partial charge on any atom is -0.339 e. The molecule has 6 nitrogen and oxygen atoms in total. The number of nitrogens with zero attached hydrogens (tertiary/aromatic N) is 3. The quantitative estimate of drug-likeness (QED) is 0.771. The number of rotatable bonds is 2. The van der Waals surface area contributed by atoms with Crippen molar-refractivity contribution < 1.29 is 13.2 Å². The highest BCUT2D eigenvalue weighted by atomic mass is 79.9. The van der Waals surface area contributed by atoms with E-state index in [4.69, 9.17) is 0 Å². The number of fused-ring (bicyclic) bond motifs is 1. The van der Waals surface area contributed by atoms with Gasteiger partial charge in [0.25, 0.3) is 5.91 Å². The molecule has 1 saturated heterocycles. The number of piperazine rings is 1. The molecule has 0 spiro atoms. The van der Waals surface area contributed by atoms with E-state index < -0.39 is 10.0 Å². The van der Waals surface area contributed by atoms with E-state index in [-0.39, 0.29) is 5.91 Å². The van der Waals surface area contributed by atoms with Crippen LogP contribution >= 0.6 is 15.9 Å². The molecule has 1 fully saturated rings. The summed E-state index contributed by atoms with van der Waals surface area (Å²) in [7, 11) is -1.33. The minimum atomic E-state index is -3.20. The van der Waals surface area contributed by atoms with Crippen LogP contribution in [-0.4, -0.2) is 60.5 Å². The summed E-state index contributed by atoms with van der Waals surface area (Å²) >= 11 is 3.54. The predicted octanol–water partition coefficient (Wildman–Crippen LogP) is 1.66. The molecular weight excluding hydrogens is 382 g/mol. The highest BCUT2D eigenvalue weighted by molar-refractivity contribution is 9.10. The van der Waals surface area contributed by atoms with Crippen LogP contribution in [0.2, 0.25) is 0 Å². The lowest BCUT2D eigenvalue weighted by molar-refractivity contribution is 0.0688. The van der Waals surface area contributed by atoms with Gasteiger partial charge in [0, 0.05) is 44.1 Å². The van der Waals surface area contributed by atoms with Crippen LogP contribution in [-0.2, 0) is 17.1 Å². The molecule has 0 aliphatic carbocycles. The Hall–Kier alpha value is -1.38. The van der Waals surface area contributed by atoms with E-state index >= 15 is 0 Å². The second-order valence-electron chi connectivity index (χ2n) is 5.69. The monoisotopic (exact) mass is 399 g/mol. The molecule has 124 valence electrons. The van der Waals surface area contributed by atoms with E-state index in [2.05, 4.69) is 15.9 Å². The van der Waals surface area contributed by atoms with Gasteiger partial charge in [-0.25, -0.2) is 8.42 Å². The second-order valence-corrected chi connectivity index (χ2v) is 8.47. The third-order valence-corrected chi connectivity index (χ3v) is 6.35.